The van der Waals surface area contributed by atoms with Crippen LogP contribution in [0.3, 0.4) is 0 Å². The largest absolute Gasteiger partial charge is 0.388 e. The highest BCUT2D eigenvalue weighted by atomic mass is 32.1. The number of hydrogen-bond donors (Lipinski definition) is 1. The molecule has 3 heteroatoms. The van der Waals surface area contributed by atoms with Crippen LogP contribution in [0.4, 0.5) is 0 Å². The Morgan fingerprint density at radius 1 is 1.40 bits per heavy atom. The van der Waals surface area contributed by atoms with Crippen LogP contribution in [0.25, 0.3) is 10.2 Å². The fraction of sp³-hybridized carbons (Fsp3) is 0.417. The minimum absolute atomic E-state index is 0.146. The zero-order chi connectivity index (χ0) is 11.1. The lowest BCUT2D eigenvalue weighted by molar-refractivity contribution is 0.0625. The van der Waals surface area contributed by atoms with Crippen LogP contribution in [0.1, 0.15) is 32.4 Å². The number of aliphatic hydroxyl groups excluding tert-OH is 1. The van der Waals surface area contributed by atoms with Crippen molar-refractivity contribution in [3.63, 3.8) is 0 Å². The first-order valence-electron chi connectivity index (χ1n) is 5.00. The van der Waals surface area contributed by atoms with Crippen molar-refractivity contribution in [2.24, 2.45) is 5.41 Å². The summed E-state index contributed by atoms with van der Waals surface area (Å²) in [6.45, 7) is 6.07. The maximum absolute atomic E-state index is 10.1. The molecule has 0 aromatic carbocycles. The number of aliphatic hydroxyl groups is 1. The van der Waals surface area contributed by atoms with E-state index in [0.29, 0.717) is 0 Å². The van der Waals surface area contributed by atoms with Crippen LogP contribution in [0.15, 0.2) is 23.7 Å². The summed E-state index contributed by atoms with van der Waals surface area (Å²) in [7, 11) is 0. The maximum atomic E-state index is 10.1. The molecule has 0 amide bonds. The summed E-state index contributed by atoms with van der Waals surface area (Å²) in [4.78, 5) is 4.33. The Hall–Kier alpha value is -0.930. The first-order chi connectivity index (χ1) is 6.98. The molecule has 0 aliphatic carbocycles. The van der Waals surface area contributed by atoms with Crippen molar-refractivity contribution in [2.45, 2.75) is 26.9 Å². The van der Waals surface area contributed by atoms with Crippen LogP contribution in [0.2, 0.25) is 0 Å². The Morgan fingerprint density at radius 3 is 2.80 bits per heavy atom. The normalized spacial score (nSPS) is 14.4. The second-order valence-corrected chi connectivity index (χ2v) is 5.79. The molecule has 0 aliphatic heterocycles. The molecule has 0 spiro atoms. The van der Waals surface area contributed by atoms with Gasteiger partial charge in [0.15, 0.2) is 0 Å². The number of nitrogens with zero attached hydrogens (tertiary/aromatic N) is 1. The van der Waals surface area contributed by atoms with Crippen LogP contribution in [0, 0.1) is 5.41 Å². The Morgan fingerprint density at radius 2 is 2.13 bits per heavy atom. The number of rotatable bonds is 1. The highest BCUT2D eigenvalue weighted by Gasteiger charge is 2.24. The van der Waals surface area contributed by atoms with E-state index in [2.05, 4.69) is 4.98 Å². The third-order valence-electron chi connectivity index (χ3n) is 2.46. The molecule has 1 N–H and O–H groups in total. The van der Waals surface area contributed by atoms with Gasteiger partial charge in [0.2, 0.25) is 0 Å². The maximum Gasteiger partial charge on any atom is 0.0853 e. The molecule has 1 atom stereocenters. The van der Waals surface area contributed by atoms with Gasteiger partial charge in [0.1, 0.15) is 0 Å². The molecule has 2 nitrogen and oxygen atoms in total. The highest BCUT2D eigenvalue weighted by molar-refractivity contribution is 7.17. The van der Waals surface area contributed by atoms with Gasteiger partial charge in [-0.2, -0.15) is 0 Å². The zero-order valence-corrected chi connectivity index (χ0v) is 10.0. The minimum Gasteiger partial charge on any atom is -0.388 e. The summed E-state index contributed by atoms with van der Waals surface area (Å²) in [6, 6.07) is 4.02. The zero-order valence-electron chi connectivity index (χ0n) is 9.19. The molecular formula is C12H15NOS. The third kappa shape index (κ3) is 2.03. The molecule has 80 valence electrons. The minimum atomic E-state index is -0.462. The first-order valence-corrected chi connectivity index (χ1v) is 5.87. The fourth-order valence-corrected chi connectivity index (χ4v) is 2.30. The van der Waals surface area contributed by atoms with E-state index in [0.717, 1.165) is 15.8 Å². The summed E-state index contributed by atoms with van der Waals surface area (Å²) in [5, 5.41) is 12.1. The van der Waals surface area contributed by atoms with Crippen molar-refractivity contribution in [1.82, 2.24) is 4.98 Å². The van der Waals surface area contributed by atoms with E-state index in [1.165, 1.54) is 0 Å². The van der Waals surface area contributed by atoms with Crippen LogP contribution < -0.4 is 0 Å². The molecule has 2 heterocycles. The highest BCUT2D eigenvalue weighted by Crippen LogP contribution is 2.33. The summed E-state index contributed by atoms with van der Waals surface area (Å²) >= 11 is 1.66. The summed E-state index contributed by atoms with van der Waals surface area (Å²) < 4.78 is 1.14. The van der Waals surface area contributed by atoms with Gasteiger partial charge in [-0.15, -0.1) is 11.3 Å². The lowest BCUT2D eigenvalue weighted by atomic mass is 9.85. The van der Waals surface area contributed by atoms with Crippen molar-refractivity contribution in [3.05, 3.63) is 29.3 Å². The van der Waals surface area contributed by atoms with Crippen molar-refractivity contribution in [3.8, 4) is 0 Å². The summed E-state index contributed by atoms with van der Waals surface area (Å²) in [5.41, 5.74) is 1.76. The fourth-order valence-electron chi connectivity index (χ4n) is 1.51. The number of pyridine rings is 1. The average Bonchev–Trinajstić information content (AvgIpc) is 2.61. The molecule has 0 saturated heterocycles. The monoisotopic (exact) mass is 221 g/mol. The SMILES string of the molecule is CC(C)(C)C(O)c1cnc2ccsc2c1. The van der Waals surface area contributed by atoms with E-state index in [1.54, 1.807) is 17.5 Å². The quantitative estimate of drug-likeness (QED) is 0.800. The topological polar surface area (TPSA) is 33.1 Å². The van der Waals surface area contributed by atoms with E-state index in [4.69, 9.17) is 0 Å². The van der Waals surface area contributed by atoms with Crippen molar-refractivity contribution < 1.29 is 5.11 Å². The van der Waals surface area contributed by atoms with Crippen molar-refractivity contribution >= 4 is 21.6 Å². The molecule has 0 aliphatic rings. The number of fused-ring (bicyclic) bond motifs is 1. The van der Waals surface area contributed by atoms with E-state index >= 15 is 0 Å². The molecule has 2 aromatic heterocycles. The molecule has 0 radical (unpaired) electrons. The van der Waals surface area contributed by atoms with E-state index in [-0.39, 0.29) is 5.41 Å². The Kier molecular flexibility index (Phi) is 2.52. The van der Waals surface area contributed by atoms with Gasteiger partial charge in [-0.1, -0.05) is 20.8 Å². The van der Waals surface area contributed by atoms with Crippen LogP contribution in [-0.2, 0) is 0 Å². The molecule has 1 unspecified atom stereocenters. The van der Waals surface area contributed by atoms with Crippen molar-refractivity contribution in [2.75, 3.05) is 0 Å². The Balaban J connectivity index is 2.44. The van der Waals surface area contributed by atoms with Crippen molar-refractivity contribution in [1.29, 1.82) is 0 Å². The molecular weight excluding hydrogens is 206 g/mol. The molecule has 2 rings (SSSR count). The van der Waals surface area contributed by atoms with Crippen LogP contribution in [0.5, 0.6) is 0 Å². The van der Waals surface area contributed by atoms with E-state index in [9.17, 15) is 5.11 Å². The molecule has 0 bridgehead atoms. The predicted molar refractivity (Wildman–Crippen MR) is 64.0 cm³/mol. The van der Waals surface area contributed by atoms with Gasteiger partial charge in [-0.3, -0.25) is 4.98 Å². The summed E-state index contributed by atoms with van der Waals surface area (Å²) in [5.74, 6) is 0. The number of thiophene rings is 1. The second-order valence-electron chi connectivity index (χ2n) is 4.84. The van der Waals surface area contributed by atoms with Gasteiger partial charge in [-0.05, 0) is 22.9 Å². The number of hydrogen-bond acceptors (Lipinski definition) is 3. The molecule has 0 fully saturated rings. The van der Waals surface area contributed by atoms with Gasteiger partial charge >= 0.3 is 0 Å². The van der Waals surface area contributed by atoms with Crippen LogP contribution >= 0.6 is 11.3 Å². The Labute approximate surface area is 93.6 Å². The van der Waals surface area contributed by atoms with Gasteiger partial charge in [0.05, 0.1) is 16.3 Å². The van der Waals surface area contributed by atoms with Gasteiger partial charge in [0, 0.05) is 11.8 Å². The second kappa shape index (κ2) is 3.58. The molecule has 2 aromatic rings. The number of aromatic nitrogens is 1. The lowest BCUT2D eigenvalue weighted by Gasteiger charge is -2.25. The lowest BCUT2D eigenvalue weighted by Crippen LogP contribution is -2.17. The third-order valence-corrected chi connectivity index (χ3v) is 3.31. The smallest absolute Gasteiger partial charge is 0.0853 e. The average molecular weight is 221 g/mol. The van der Waals surface area contributed by atoms with Crippen LogP contribution in [-0.4, -0.2) is 10.1 Å². The van der Waals surface area contributed by atoms with Gasteiger partial charge < -0.3 is 5.11 Å². The predicted octanol–water partition coefficient (Wildman–Crippen LogP) is 3.38. The Bertz CT molecular complexity index is 470. The molecule has 15 heavy (non-hydrogen) atoms. The van der Waals surface area contributed by atoms with Gasteiger partial charge in [-0.25, -0.2) is 0 Å². The van der Waals surface area contributed by atoms with E-state index < -0.39 is 6.10 Å². The van der Waals surface area contributed by atoms with E-state index in [1.807, 2.05) is 38.3 Å². The standard InChI is InChI=1S/C12H15NOS/c1-12(2,3)11(14)8-6-10-9(13-7-8)4-5-15-10/h4-7,11,14H,1-3H3. The molecule has 0 saturated carbocycles. The first kappa shape index (κ1) is 10.6. The van der Waals surface area contributed by atoms with Gasteiger partial charge in [0.25, 0.3) is 0 Å². The summed E-state index contributed by atoms with van der Waals surface area (Å²) in [6.07, 6.45) is 1.31.